The van der Waals surface area contributed by atoms with Gasteiger partial charge < -0.3 is 10.1 Å². The molecule has 9 heteroatoms. The maximum atomic E-state index is 13.3. The van der Waals surface area contributed by atoms with Gasteiger partial charge in [-0.3, -0.25) is 4.79 Å². The van der Waals surface area contributed by atoms with E-state index in [0.717, 1.165) is 44.9 Å². The number of rotatable bonds is 9. The average Bonchev–Trinajstić information content (AvgIpc) is 3.75. The molecule has 41 heavy (non-hydrogen) atoms. The van der Waals surface area contributed by atoms with E-state index < -0.39 is 16.0 Å². The highest BCUT2D eigenvalue weighted by Gasteiger charge is 2.28. The molecule has 2 aromatic heterocycles. The minimum absolute atomic E-state index is 0.0114. The molecular weight excluding hydrogens is 538 g/mol. The molecule has 0 aliphatic heterocycles. The number of benzene rings is 3. The number of anilines is 1. The lowest BCUT2D eigenvalue weighted by Gasteiger charge is -2.21. The monoisotopic (exact) mass is 565 g/mol. The van der Waals surface area contributed by atoms with Crippen LogP contribution in [0.1, 0.15) is 58.9 Å². The lowest BCUT2D eigenvalue weighted by molar-refractivity contribution is -0.106. The number of carboxylic acids is 1. The van der Waals surface area contributed by atoms with Gasteiger partial charge in [0.25, 0.3) is 10.0 Å². The number of amides is 1. The normalized spacial score (nSPS) is 14.1. The van der Waals surface area contributed by atoms with Crippen LogP contribution in [-0.2, 0) is 14.8 Å². The van der Waals surface area contributed by atoms with Crippen molar-refractivity contribution in [2.75, 3.05) is 4.31 Å². The van der Waals surface area contributed by atoms with Crippen LogP contribution in [0.15, 0.2) is 95.9 Å². The first-order valence-electron chi connectivity index (χ1n) is 13.3. The molecule has 1 atom stereocenters. The standard InChI is InChI=1S/C32H27N3O5S/c1-20(26-17-29(32(37)38)34-31-27(26)18-28(33-31)23-15-16-23)21-11-13-22(14-12-21)25-9-5-6-10-30(25)35(19-36)41(39,40)24-7-3-2-4-8-24/h2-14,17-20,23H,15-16H2,1H3,(H,33,34)(H,37,38). The largest absolute Gasteiger partial charge is 0.477 e. The number of para-hydroxylation sites is 1. The average molecular weight is 566 g/mol. The van der Waals surface area contributed by atoms with Gasteiger partial charge in [0.15, 0.2) is 5.69 Å². The number of nitrogens with one attached hydrogen (secondary N) is 1. The number of pyridine rings is 1. The Morgan fingerprint density at radius 3 is 2.34 bits per heavy atom. The van der Waals surface area contributed by atoms with Gasteiger partial charge in [0.2, 0.25) is 6.41 Å². The summed E-state index contributed by atoms with van der Waals surface area (Å²) in [7, 11) is -4.12. The smallest absolute Gasteiger partial charge is 0.354 e. The van der Waals surface area contributed by atoms with Crippen molar-refractivity contribution in [3.05, 3.63) is 114 Å². The second kappa shape index (κ2) is 10.3. The topological polar surface area (TPSA) is 120 Å². The Morgan fingerprint density at radius 2 is 1.68 bits per heavy atom. The second-order valence-electron chi connectivity index (χ2n) is 10.2. The number of carbonyl (C=O) groups is 2. The fraction of sp³-hybridized carbons (Fsp3) is 0.156. The fourth-order valence-corrected chi connectivity index (χ4v) is 6.48. The second-order valence-corrected chi connectivity index (χ2v) is 12.1. The van der Waals surface area contributed by atoms with E-state index in [2.05, 4.69) is 16.0 Å². The number of carbonyl (C=O) groups excluding carboxylic acids is 1. The molecule has 0 saturated heterocycles. The number of H-pyrrole nitrogens is 1. The number of aromatic amines is 1. The maximum Gasteiger partial charge on any atom is 0.354 e. The third kappa shape index (κ3) is 4.89. The number of aromatic carboxylic acids is 1. The SMILES string of the molecule is CC(c1ccc(-c2ccccc2N(C=O)S(=O)(=O)c2ccccc2)cc1)c1cc(C(=O)O)nc2[nH]c(C3CC3)cc12. The first-order valence-corrected chi connectivity index (χ1v) is 14.7. The molecule has 8 nitrogen and oxygen atoms in total. The van der Waals surface area contributed by atoms with Crippen LogP contribution in [0.3, 0.4) is 0 Å². The highest BCUT2D eigenvalue weighted by Crippen LogP contribution is 2.42. The zero-order valence-corrected chi connectivity index (χ0v) is 23.0. The van der Waals surface area contributed by atoms with Gasteiger partial charge in [0, 0.05) is 22.6 Å². The Kier molecular flexibility index (Phi) is 6.67. The van der Waals surface area contributed by atoms with Crippen molar-refractivity contribution in [2.45, 2.75) is 36.5 Å². The summed E-state index contributed by atoms with van der Waals surface area (Å²) in [4.78, 5) is 31.6. The van der Waals surface area contributed by atoms with E-state index in [0.29, 0.717) is 23.5 Å². The predicted octanol–water partition coefficient (Wildman–Crippen LogP) is 6.31. The van der Waals surface area contributed by atoms with Crippen LogP contribution >= 0.6 is 0 Å². The van der Waals surface area contributed by atoms with Crippen LogP contribution in [0, 0.1) is 0 Å². The molecule has 206 valence electrons. The first kappa shape index (κ1) is 26.5. The lowest BCUT2D eigenvalue weighted by Crippen LogP contribution is -2.30. The molecule has 0 spiro atoms. The van der Waals surface area contributed by atoms with Crippen molar-refractivity contribution >= 4 is 39.1 Å². The van der Waals surface area contributed by atoms with Gasteiger partial charge in [0.05, 0.1) is 10.6 Å². The van der Waals surface area contributed by atoms with Gasteiger partial charge in [-0.2, -0.15) is 0 Å². The molecule has 2 N–H and O–H groups in total. The Morgan fingerprint density at radius 1 is 1.00 bits per heavy atom. The van der Waals surface area contributed by atoms with Gasteiger partial charge in [-0.05, 0) is 65.8 Å². The quantitative estimate of drug-likeness (QED) is 0.202. The Hall–Kier alpha value is -4.76. The van der Waals surface area contributed by atoms with Gasteiger partial charge >= 0.3 is 5.97 Å². The number of carboxylic acid groups (broad SMARTS) is 1. The first-order chi connectivity index (χ1) is 19.8. The van der Waals surface area contributed by atoms with Gasteiger partial charge in [-0.1, -0.05) is 67.6 Å². The van der Waals surface area contributed by atoms with Crippen molar-refractivity contribution in [1.29, 1.82) is 0 Å². The molecule has 1 aliphatic rings. The summed E-state index contributed by atoms with van der Waals surface area (Å²) in [5.74, 6) is -0.757. The van der Waals surface area contributed by atoms with E-state index in [1.165, 1.54) is 12.1 Å². The number of hydrogen-bond acceptors (Lipinski definition) is 5. The predicted molar refractivity (Wildman–Crippen MR) is 157 cm³/mol. The molecule has 0 radical (unpaired) electrons. The number of sulfonamides is 1. The molecule has 1 aliphatic carbocycles. The Bertz CT molecular complexity index is 1880. The summed E-state index contributed by atoms with van der Waals surface area (Å²) in [5.41, 5.74) is 5.02. The minimum Gasteiger partial charge on any atom is -0.477 e. The van der Waals surface area contributed by atoms with Crippen LogP contribution in [0.4, 0.5) is 5.69 Å². The summed E-state index contributed by atoms with van der Waals surface area (Å²) in [6, 6.07) is 26.1. The van der Waals surface area contributed by atoms with Crippen LogP contribution in [-0.4, -0.2) is 35.9 Å². The minimum atomic E-state index is -4.12. The number of aromatic nitrogens is 2. The van der Waals surface area contributed by atoms with Gasteiger partial charge in [-0.15, -0.1) is 0 Å². The molecule has 1 fully saturated rings. The number of nitrogens with zero attached hydrogens (tertiary/aromatic N) is 2. The third-order valence-electron chi connectivity index (χ3n) is 7.61. The summed E-state index contributed by atoms with van der Waals surface area (Å²) in [5, 5.41) is 10.6. The summed E-state index contributed by atoms with van der Waals surface area (Å²) in [6.45, 7) is 2.02. The van der Waals surface area contributed by atoms with Crippen molar-refractivity contribution in [3.8, 4) is 11.1 Å². The summed E-state index contributed by atoms with van der Waals surface area (Å²) in [6.07, 6.45) is 2.54. The molecule has 2 heterocycles. The maximum absolute atomic E-state index is 13.3. The van der Waals surface area contributed by atoms with Gasteiger partial charge in [0.1, 0.15) is 5.65 Å². The Labute approximate surface area is 237 Å². The third-order valence-corrected chi connectivity index (χ3v) is 9.28. The number of hydrogen-bond donors (Lipinski definition) is 2. The van der Waals surface area contributed by atoms with E-state index in [1.54, 1.807) is 48.5 Å². The molecule has 3 aromatic carbocycles. The summed E-state index contributed by atoms with van der Waals surface area (Å²) < 4.78 is 27.4. The van der Waals surface area contributed by atoms with E-state index >= 15 is 0 Å². The highest BCUT2D eigenvalue weighted by atomic mass is 32.2. The molecule has 1 amide bonds. The van der Waals surface area contributed by atoms with Crippen molar-refractivity contribution < 1.29 is 23.1 Å². The molecular formula is C32H27N3O5S. The molecule has 1 unspecified atom stereocenters. The zero-order chi connectivity index (χ0) is 28.7. The van der Waals surface area contributed by atoms with Gasteiger partial charge in [-0.25, -0.2) is 22.5 Å². The number of fused-ring (bicyclic) bond motifs is 1. The van der Waals surface area contributed by atoms with E-state index in [4.69, 9.17) is 0 Å². The van der Waals surface area contributed by atoms with Crippen molar-refractivity contribution in [1.82, 2.24) is 9.97 Å². The zero-order valence-electron chi connectivity index (χ0n) is 22.2. The van der Waals surface area contributed by atoms with Crippen LogP contribution < -0.4 is 4.31 Å². The molecule has 6 rings (SSSR count). The lowest BCUT2D eigenvalue weighted by atomic mass is 9.90. The molecule has 1 saturated carbocycles. The van der Waals surface area contributed by atoms with Crippen LogP contribution in [0.2, 0.25) is 0 Å². The van der Waals surface area contributed by atoms with E-state index in [-0.39, 0.29) is 22.2 Å². The Balaban J connectivity index is 1.37. The summed E-state index contributed by atoms with van der Waals surface area (Å²) >= 11 is 0. The van der Waals surface area contributed by atoms with E-state index in [9.17, 15) is 23.1 Å². The highest BCUT2D eigenvalue weighted by molar-refractivity contribution is 7.93. The van der Waals surface area contributed by atoms with E-state index in [1.807, 2.05) is 31.2 Å². The van der Waals surface area contributed by atoms with Crippen molar-refractivity contribution in [3.63, 3.8) is 0 Å². The molecule has 0 bridgehead atoms. The van der Waals surface area contributed by atoms with Crippen molar-refractivity contribution in [2.24, 2.45) is 0 Å². The fourth-order valence-electron chi connectivity index (χ4n) is 5.22. The molecule has 5 aromatic rings. The van der Waals surface area contributed by atoms with Crippen LogP contribution in [0.25, 0.3) is 22.2 Å². The van der Waals surface area contributed by atoms with Crippen LogP contribution in [0.5, 0.6) is 0 Å².